The number of carbonyl (C=O) groups excluding carboxylic acids is 1. The molecule has 1 aliphatic rings. The number of nitrogens with zero attached hydrogens (tertiary/aromatic N) is 7. The molecule has 14 heteroatoms. The molecule has 214 valence electrons. The SMILES string of the molecule is CCOc1cc(C=NNC(=O)c2nnn(-c3nonc3N)c2CN2CCOCC2)ccc1OCc1ccccc1C. The average molecular weight is 562 g/mol. The molecule has 14 nitrogen and oxygen atoms in total. The van der Waals surface area contributed by atoms with Crippen LogP contribution in [-0.4, -0.2) is 75.2 Å². The third-order valence-corrected chi connectivity index (χ3v) is 6.44. The van der Waals surface area contributed by atoms with Crippen LogP contribution in [0, 0.1) is 6.92 Å². The third-order valence-electron chi connectivity index (χ3n) is 6.44. The van der Waals surface area contributed by atoms with Crippen molar-refractivity contribution in [3.63, 3.8) is 0 Å². The molecule has 0 atom stereocenters. The van der Waals surface area contributed by atoms with Crippen molar-refractivity contribution in [3.05, 3.63) is 70.5 Å². The van der Waals surface area contributed by atoms with Crippen LogP contribution in [0.1, 0.15) is 39.8 Å². The zero-order valence-electron chi connectivity index (χ0n) is 22.8. The van der Waals surface area contributed by atoms with Gasteiger partial charge in [0.05, 0.1) is 31.7 Å². The summed E-state index contributed by atoms with van der Waals surface area (Å²) in [6.45, 7) is 7.72. The molecule has 0 saturated carbocycles. The largest absolute Gasteiger partial charge is 0.490 e. The van der Waals surface area contributed by atoms with Gasteiger partial charge in [-0.15, -0.1) is 5.10 Å². The van der Waals surface area contributed by atoms with Crippen LogP contribution in [0.2, 0.25) is 0 Å². The predicted molar refractivity (Wildman–Crippen MR) is 148 cm³/mol. The number of morpholine rings is 1. The number of aromatic nitrogens is 5. The summed E-state index contributed by atoms with van der Waals surface area (Å²) >= 11 is 0. The number of nitrogens with one attached hydrogen (secondary N) is 1. The fraction of sp³-hybridized carbons (Fsp3) is 0.333. The maximum Gasteiger partial charge on any atom is 0.293 e. The van der Waals surface area contributed by atoms with Crippen molar-refractivity contribution in [1.82, 2.24) is 35.6 Å². The van der Waals surface area contributed by atoms with Crippen LogP contribution in [0.25, 0.3) is 5.82 Å². The van der Waals surface area contributed by atoms with E-state index in [2.05, 4.69) is 36.1 Å². The van der Waals surface area contributed by atoms with E-state index < -0.39 is 5.91 Å². The maximum atomic E-state index is 13.1. The number of aryl methyl sites for hydroxylation is 1. The number of hydrazone groups is 1. The summed E-state index contributed by atoms with van der Waals surface area (Å²) in [6, 6.07) is 13.5. The van der Waals surface area contributed by atoms with Crippen molar-refractivity contribution >= 4 is 17.9 Å². The van der Waals surface area contributed by atoms with Crippen LogP contribution in [0.4, 0.5) is 5.82 Å². The first-order chi connectivity index (χ1) is 20.0. The Labute approximate surface area is 236 Å². The molecule has 0 radical (unpaired) electrons. The summed E-state index contributed by atoms with van der Waals surface area (Å²) in [6.07, 6.45) is 1.51. The number of amides is 1. The van der Waals surface area contributed by atoms with Gasteiger partial charge in [-0.05, 0) is 59.1 Å². The van der Waals surface area contributed by atoms with Gasteiger partial charge in [-0.25, -0.2) is 10.1 Å². The van der Waals surface area contributed by atoms with E-state index in [9.17, 15) is 4.79 Å². The number of hydrogen-bond acceptors (Lipinski definition) is 12. The first-order valence-corrected chi connectivity index (χ1v) is 13.1. The second-order valence-corrected chi connectivity index (χ2v) is 9.21. The van der Waals surface area contributed by atoms with Crippen molar-refractivity contribution in [2.45, 2.75) is 27.0 Å². The lowest BCUT2D eigenvalue weighted by atomic mass is 10.1. The van der Waals surface area contributed by atoms with E-state index in [1.807, 2.05) is 50.2 Å². The van der Waals surface area contributed by atoms with Gasteiger partial charge in [0.2, 0.25) is 11.6 Å². The van der Waals surface area contributed by atoms with E-state index in [-0.39, 0.29) is 17.3 Å². The van der Waals surface area contributed by atoms with E-state index >= 15 is 0 Å². The molecule has 3 N–H and O–H groups in total. The highest BCUT2D eigenvalue weighted by atomic mass is 16.6. The van der Waals surface area contributed by atoms with Gasteiger partial charge in [-0.1, -0.05) is 29.5 Å². The number of carbonyl (C=O) groups is 1. The topological polar surface area (TPSA) is 168 Å². The number of ether oxygens (including phenoxy) is 3. The molecule has 2 aromatic carbocycles. The molecule has 1 saturated heterocycles. The van der Waals surface area contributed by atoms with Crippen molar-refractivity contribution in [1.29, 1.82) is 0 Å². The second kappa shape index (κ2) is 13.0. The second-order valence-electron chi connectivity index (χ2n) is 9.21. The zero-order chi connectivity index (χ0) is 28.6. The van der Waals surface area contributed by atoms with Gasteiger partial charge in [0.1, 0.15) is 6.61 Å². The molecule has 1 aliphatic heterocycles. The Morgan fingerprint density at radius 1 is 1.15 bits per heavy atom. The monoisotopic (exact) mass is 561 g/mol. The van der Waals surface area contributed by atoms with Gasteiger partial charge in [-0.2, -0.15) is 9.78 Å². The summed E-state index contributed by atoms with van der Waals surface area (Å²) in [5, 5.41) is 19.7. The van der Waals surface area contributed by atoms with E-state index in [1.54, 1.807) is 6.07 Å². The Morgan fingerprint density at radius 3 is 2.73 bits per heavy atom. The molecule has 4 aromatic rings. The van der Waals surface area contributed by atoms with E-state index in [0.717, 1.165) is 11.1 Å². The normalized spacial score (nSPS) is 13.9. The fourth-order valence-corrected chi connectivity index (χ4v) is 4.24. The average Bonchev–Trinajstić information content (AvgIpc) is 3.59. The minimum atomic E-state index is -0.547. The van der Waals surface area contributed by atoms with Crippen LogP contribution in [0.5, 0.6) is 11.5 Å². The molecule has 0 unspecified atom stereocenters. The summed E-state index contributed by atoms with van der Waals surface area (Å²) in [7, 11) is 0. The smallest absolute Gasteiger partial charge is 0.293 e. The van der Waals surface area contributed by atoms with Gasteiger partial charge in [-0.3, -0.25) is 9.69 Å². The molecular formula is C27H31N9O5. The van der Waals surface area contributed by atoms with Gasteiger partial charge >= 0.3 is 0 Å². The van der Waals surface area contributed by atoms with E-state index in [0.29, 0.717) is 68.8 Å². The first-order valence-electron chi connectivity index (χ1n) is 13.1. The Balaban J connectivity index is 1.30. The predicted octanol–water partition coefficient (Wildman–Crippen LogP) is 2.11. The highest BCUT2D eigenvalue weighted by molar-refractivity contribution is 5.94. The third kappa shape index (κ3) is 6.67. The highest BCUT2D eigenvalue weighted by Gasteiger charge is 2.26. The zero-order valence-corrected chi connectivity index (χ0v) is 22.8. The van der Waals surface area contributed by atoms with Gasteiger partial charge in [0, 0.05) is 19.6 Å². The first kappa shape index (κ1) is 27.7. The number of nitrogens with two attached hydrogens (primary N) is 1. The Hall–Kier alpha value is -4.82. The quantitative estimate of drug-likeness (QED) is 0.203. The molecule has 0 bridgehead atoms. The Kier molecular flexibility index (Phi) is 8.81. The molecule has 41 heavy (non-hydrogen) atoms. The van der Waals surface area contributed by atoms with Crippen LogP contribution in [0.15, 0.2) is 52.2 Å². The number of hydrogen-bond donors (Lipinski definition) is 2. The Morgan fingerprint density at radius 2 is 1.98 bits per heavy atom. The van der Waals surface area contributed by atoms with E-state index in [4.69, 9.17) is 24.6 Å². The number of benzene rings is 2. The van der Waals surface area contributed by atoms with Crippen molar-refractivity contribution < 1.29 is 23.6 Å². The lowest BCUT2D eigenvalue weighted by Gasteiger charge is -2.26. The standard InChI is InChI=1S/C27H31N9O5/c1-3-39-23-14-19(8-9-22(23)40-17-20-7-5-4-6-18(20)2)15-29-31-27(37)24-21(16-35-10-12-38-13-11-35)36(34-30-24)26-25(28)32-41-33-26/h4-9,14-15H,3,10-13,16-17H2,1-2H3,(H2,28,32)(H,31,37). The van der Waals surface area contributed by atoms with Crippen LogP contribution in [0.3, 0.4) is 0 Å². The molecule has 0 aliphatic carbocycles. The van der Waals surface area contributed by atoms with Gasteiger partial charge in [0.25, 0.3) is 5.91 Å². The van der Waals surface area contributed by atoms with Crippen LogP contribution < -0.4 is 20.6 Å². The lowest BCUT2D eigenvalue weighted by molar-refractivity contribution is 0.0332. The Bertz CT molecular complexity index is 1510. The maximum absolute atomic E-state index is 13.1. The molecule has 2 aromatic heterocycles. The summed E-state index contributed by atoms with van der Waals surface area (Å²) in [5.74, 6) is 0.818. The van der Waals surface area contributed by atoms with Crippen molar-refractivity contribution in [2.75, 3.05) is 38.6 Å². The molecule has 5 rings (SSSR count). The number of rotatable bonds is 11. The molecule has 1 fully saturated rings. The van der Waals surface area contributed by atoms with Crippen LogP contribution >= 0.6 is 0 Å². The lowest BCUT2D eigenvalue weighted by Crippen LogP contribution is -2.37. The summed E-state index contributed by atoms with van der Waals surface area (Å²) in [4.78, 5) is 15.2. The fourth-order valence-electron chi connectivity index (χ4n) is 4.24. The van der Waals surface area contributed by atoms with Crippen molar-refractivity contribution in [3.8, 4) is 17.3 Å². The molecule has 0 spiro atoms. The number of anilines is 1. The summed E-state index contributed by atoms with van der Waals surface area (Å²) in [5.41, 5.74) is 11.9. The minimum Gasteiger partial charge on any atom is -0.490 e. The molecular weight excluding hydrogens is 530 g/mol. The molecule has 1 amide bonds. The minimum absolute atomic E-state index is 0.0274. The van der Waals surface area contributed by atoms with Gasteiger partial charge < -0.3 is 19.9 Å². The van der Waals surface area contributed by atoms with Crippen molar-refractivity contribution in [2.24, 2.45) is 5.10 Å². The van der Waals surface area contributed by atoms with E-state index in [1.165, 1.54) is 10.9 Å². The van der Waals surface area contributed by atoms with Gasteiger partial charge in [0.15, 0.2) is 17.2 Å². The number of nitrogen functional groups attached to an aromatic ring is 1. The summed E-state index contributed by atoms with van der Waals surface area (Å²) < 4.78 is 23.3. The van der Waals surface area contributed by atoms with Crippen LogP contribution in [-0.2, 0) is 17.9 Å². The highest BCUT2D eigenvalue weighted by Crippen LogP contribution is 2.29. The molecule has 3 heterocycles.